The molecule has 1 aromatic rings. The largest absolute Gasteiger partial charge is 0.316 e. The van der Waals surface area contributed by atoms with Crippen LogP contribution in [0.2, 0.25) is 5.02 Å². The van der Waals surface area contributed by atoms with E-state index in [0.717, 1.165) is 37.9 Å². The van der Waals surface area contributed by atoms with Crippen molar-refractivity contribution in [2.24, 2.45) is 5.41 Å². The molecule has 3 rings (SSSR count). The maximum atomic E-state index is 12.6. The van der Waals surface area contributed by atoms with E-state index in [1.165, 1.54) is 0 Å². The molecular weight excluding hydrogens is 308 g/mol. The fraction of sp³-hybridized carbons (Fsp3) is 0.600. The Kier molecular flexibility index (Phi) is 4.28. The van der Waals surface area contributed by atoms with Gasteiger partial charge < -0.3 is 5.32 Å². The lowest BCUT2D eigenvalue weighted by molar-refractivity contribution is 0.224. The number of hydrogen-bond donors (Lipinski definition) is 1. The van der Waals surface area contributed by atoms with Crippen molar-refractivity contribution in [3.63, 3.8) is 0 Å². The first-order chi connectivity index (χ1) is 9.99. The normalized spacial score (nSPS) is 27.3. The van der Waals surface area contributed by atoms with Crippen LogP contribution in [0.25, 0.3) is 0 Å². The molecule has 6 heteroatoms. The van der Waals surface area contributed by atoms with E-state index < -0.39 is 10.0 Å². The molecule has 0 aliphatic carbocycles. The summed E-state index contributed by atoms with van der Waals surface area (Å²) >= 11 is 5.84. The van der Waals surface area contributed by atoms with Crippen LogP contribution < -0.4 is 5.32 Å². The highest BCUT2D eigenvalue weighted by Gasteiger charge is 2.42. The molecule has 2 heterocycles. The van der Waals surface area contributed by atoms with Gasteiger partial charge in [-0.2, -0.15) is 0 Å². The molecule has 0 aromatic heterocycles. The van der Waals surface area contributed by atoms with Crippen molar-refractivity contribution >= 4 is 21.6 Å². The van der Waals surface area contributed by atoms with Gasteiger partial charge in [0.15, 0.2) is 0 Å². The second kappa shape index (κ2) is 5.88. The molecule has 1 N–H and O–H groups in total. The van der Waals surface area contributed by atoms with Gasteiger partial charge in [0.1, 0.15) is 0 Å². The third-order valence-electron chi connectivity index (χ3n) is 4.62. The van der Waals surface area contributed by atoms with Crippen molar-refractivity contribution in [3.05, 3.63) is 34.9 Å². The number of halogens is 1. The van der Waals surface area contributed by atoms with E-state index in [-0.39, 0.29) is 11.2 Å². The Morgan fingerprint density at radius 2 is 2.00 bits per heavy atom. The van der Waals surface area contributed by atoms with Crippen molar-refractivity contribution in [1.82, 2.24) is 9.62 Å². The van der Waals surface area contributed by atoms with E-state index in [9.17, 15) is 8.42 Å². The maximum Gasteiger partial charge on any atom is 0.218 e. The second-order valence-corrected chi connectivity index (χ2v) is 8.65. The summed E-state index contributed by atoms with van der Waals surface area (Å²) in [4.78, 5) is 0. The van der Waals surface area contributed by atoms with E-state index in [1.54, 1.807) is 28.6 Å². The van der Waals surface area contributed by atoms with Crippen LogP contribution in [0.4, 0.5) is 0 Å². The predicted molar refractivity (Wildman–Crippen MR) is 84.8 cm³/mol. The molecule has 2 saturated heterocycles. The van der Waals surface area contributed by atoms with E-state index in [1.807, 2.05) is 0 Å². The van der Waals surface area contributed by atoms with Gasteiger partial charge in [-0.1, -0.05) is 23.7 Å². The van der Waals surface area contributed by atoms with E-state index in [0.29, 0.717) is 18.1 Å². The Balaban J connectivity index is 1.69. The molecule has 2 fully saturated rings. The van der Waals surface area contributed by atoms with Crippen molar-refractivity contribution in [3.8, 4) is 0 Å². The Morgan fingerprint density at radius 1 is 1.24 bits per heavy atom. The average molecular weight is 329 g/mol. The summed E-state index contributed by atoms with van der Waals surface area (Å²) < 4.78 is 26.8. The standard InChI is InChI=1S/C15H21ClN2O2S/c16-14-4-2-13(3-5-14)10-21(19,20)18-9-7-15(12-18)6-1-8-17-11-15/h2-5,17H,1,6-12H2/t15-/m1/s1. The fourth-order valence-corrected chi connectivity index (χ4v) is 5.15. The lowest BCUT2D eigenvalue weighted by Gasteiger charge is -2.33. The molecule has 0 bridgehead atoms. The average Bonchev–Trinajstić information content (AvgIpc) is 2.87. The highest BCUT2D eigenvalue weighted by molar-refractivity contribution is 7.88. The van der Waals surface area contributed by atoms with Crippen LogP contribution in [0.5, 0.6) is 0 Å². The first-order valence-electron chi connectivity index (χ1n) is 7.42. The van der Waals surface area contributed by atoms with Gasteiger partial charge in [0.05, 0.1) is 5.75 Å². The molecule has 1 atom stereocenters. The smallest absolute Gasteiger partial charge is 0.218 e. The molecule has 0 saturated carbocycles. The summed E-state index contributed by atoms with van der Waals surface area (Å²) in [6.07, 6.45) is 3.25. The quantitative estimate of drug-likeness (QED) is 0.925. The maximum absolute atomic E-state index is 12.6. The molecule has 21 heavy (non-hydrogen) atoms. The monoisotopic (exact) mass is 328 g/mol. The number of sulfonamides is 1. The van der Waals surface area contributed by atoms with Crippen LogP contribution in [0.1, 0.15) is 24.8 Å². The lowest BCUT2D eigenvalue weighted by Crippen LogP contribution is -2.42. The minimum absolute atomic E-state index is 0.0632. The summed E-state index contributed by atoms with van der Waals surface area (Å²) in [6.45, 7) is 3.31. The summed E-state index contributed by atoms with van der Waals surface area (Å²) in [7, 11) is -3.24. The van der Waals surface area contributed by atoms with Crippen LogP contribution in [0.3, 0.4) is 0 Å². The van der Waals surface area contributed by atoms with Crippen LogP contribution in [-0.4, -0.2) is 38.9 Å². The van der Waals surface area contributed by atoms with Crippen molar-refractivity contribution in [1.29, 1.82) is 0 Å². The highest BCUT2D eigenvalue weighted by Crippen LogP contribution is 2.37. The molecule has 2 aliphatic heterocycles. The van der Waals surface area contributed by atoms with Gasteiger partial charge in [-0.3, -0.25) is 0 Å². The summed E-state index contributed by atoms with van der Waals surface area (Å²) in [5, 5.41) is 4.04. The van der Waals surface area contributed by atoms with Gasteiger partial charge in [0.2, 0.25) is 10.0 Å². The van der Waals surface area contributed by atoms with Crippen molar-refractivity contribution < 1.29 is 8.42 Å². The first kappa shape index (κ1) is 15.3. The molecule has 2 aliphatic rings. The number of piperidine rings is 1. The summed E-state index contributed by atoms with van der Waals surface area (Å²) in [6, 6.07) is 7.05. The number of nitrogens with zero attached hydrogens (tertiary/aromatic N) is 1. The Hall–Kier alpha value is -0.620. The SMILES string of the molecule is O=S(=O)(Cc1ccc(Cl)cc1)N1CC[C@@]2(CCCNC2)C1. The van der Waals surface area contributed by atoms with Gasteiger partial charge in [0.25, 0.3) is 0 Å². The zero-order valence-electron chi connectivity index (χ0n) is 12.0. The molecule has 0 radical (unpaired) electrons. The molecule has 116 valence electrons. The lowest BCUT2D eigenvalue weighted by atomic mass is 9.80. The zero-order valence-corrected chi connectivity index (χ0v) is 13.6. The fourth-order valence-electron chi connectivity index (χ4n) is 3.39. The molecule has 1 spiro atoms. The predicted octanol–water partition coefficient (Wildman–Crippen LogP) is 2.25. The molecule has 0 amide bonds. The summed E-state index contributed by atoms with van der Waals surface area (Å²) in [5.41, 5.74) is 0.952. The van der Waals surface area contributed by atoms with Gasteiger partial charge in [-0.05, 0) is 48.9 Å². The van der Waals surface area contributed by atoms with Crippen LogP contribution >= 0.6 is 11.6 Å². The summed E-state index contributed by atoms with van der Waals surface area (Å²) in [5.74, 6) is 0.0632. The number of hydrogen-bond acceptors (Lipinski definition) is 3. The topological polar surface area (TPSA) is 49.4 Å². The van der Waals surface area contributed by atoms with Gasteiger partial charge in [-0.25, -0.2) is 12.7 Å². The third-order valence-corrected chi connectivity index (χ3v) is 6.67. The van der Waals surface area contributed by atoms with Crippen molar-refractivity contribution in [2.75, 3.05) is 26.2 Å². The second-order valence-electron chi connectivity index (χ2n) is 6.25. The Bertz CT molecular complexity index is 595. The Morgan fingerprint density at radius 3 is 2.67 bits per heavy atom. The van der Waals surface area contributed by atoms with Gasteiger partial charge in [0, 0.05) is 24.7 Å². The zero-order chi connectivity index (χ0) is 14.9. The van der Waals surface area contributed by atoms with Gasteiger partial charge in [-0.15, -0.1) is 0 Å². The first-order valence-corrected chi connectivity index (χ1v) is 9.41. The molecule has 1 aromatic carbocycles. The minimum atomic E-state index is -3.24. The minimum Gasteiger partial charge on any atom is -0.316 e. The molecule has 0 unspecified atom stereocenters. The van der Waals surface area contributed by atoms with Crippen LogP contribution in [0.15, 0.2) is 24.3 Å². The van der Waals surface area contributed by atoms with E-state index in [4.69, 9.17) is 11.6 Å². The number of nitrogens with one attached hydrogen (secondary N) is 1. The molecular formula is C15H21ClN2O2S. The van der Waals surface area contributed by atoms with Crippen molar-refractivity contribution in [2.45, 2.75) is 25.0 Å². The van der Waals surface area contributed by atoms with Crippen LogP contribution in [-0.2, 0) is 15.8 Å². The van der Waals surface area contributed by atoms with Gasteiger partial charge >= 0.3 is 0 Å². The number of rotatable bonds is 3. The Labute approximate surface area is 131 Å². The van der Waals surface area contributed by atoms with Crippen LogP contribution in [0, 0.1) is 5.41 Å². The highest BCUT2D eigenvalue weighted by atomic mass is 35.5. The molecule has 4 nitrogen and oxygen atoms in total. The third kappa shape index (κ3) is 3.42. The number of benzene rings is 1. The van der Waals surface area contributed by atoms with E-state index >= 15 is 0 Å². The van der Waals surface area contributed by atoms with E-state index in [2.05, 4.69) is 5.32 Å².